The average molecular weight is 247 g/mol. The van der Waals surface area contributed by atoms with Crippen molar-refractivity contribution in [3.8, 4) is 0 Å². The van der Waals surface area contributed by atoms with Gasteiger partial charge in [0.2, 0.25) is 5.91 Å². The first kappa shape index (κ1) is 13.0. The average Bonchev–Trinajstić information content (AvgIpc) is 2.49. The Hall–Kier alpha value is -1.42. The van der Waals surface area contributed by atoms with E-state index in [0.717, 1.165) is 24.0 Å². The molecule has 0 saturated carbocycles. The molecular weight excluding hydrogens is 226 g/mol. The van der Waals surface area contributed by atoms with E-state index in [9.17, 15) is 4.79 Å². The highest BCUT2D eigenvalue weighted by Crippen LogP contribution is 2.31. The molecule has 18 heavy (non-hydrogen) atoms. The second-order valence-corrected chi connectivity index (χ2v) is 4.91. The molecule has 0 aliphatic carbocycles. The Morgan fingerprint density at radius 3 is 3.00 bits per heavy atom. The molecule has 0 spiro atoms. The molecule has 1 aromatic rings. The van der Waals surface area contributed by atoms with Crippen molar-refractivity contribution in [1.82, 2.24) is 9.88 Å². The Labute approximate surface area is 108 Å². The van der Waals surface area contributed by atoms with Crippen LogP contribution in [-0.2, 0) is 4.79 Å². The lowest BCUT2D eigenvalue weighted by atomic mass is 9.94. The van der Waals surface area contributed by atoms with E-state index in [2.05, 4.69) is 4.98 Å². The van der Waals surface area contributed by atoms with Crippen molar-refractivity contribution in [2.24, 2.45) is 5.73 Å². The van der Waals surface area contributed by atoms with Gasteiger partial charge in [-0.2, -0.15) is 0 Å². The summed E-state index contributed by atoms with van der Waals surface area (Å²) in [6.07, 6.45) is 6.01. The van der Waals surface area contributed by atoms with Gasteiger partial charge >= 0.3 is 0 Å². The fourth-order valence-corrected chi connectivity index (χ4v) is 2.73. The second kappa shape index (κ2) is 5.48. The highest BCUT2D eigenvalue weighted by Gasteiger charge is 2.32. The summed E-state index contributed by atoms with van der Waals surface area (Å²) in [4.78, 5) is 18.2. The molecule has 4 heteroatoms. The van der Waals surface area contributed by atoms with Crippen LogP contribution in [-0.4, -0.2) is 28.4 Å². The predicted molar refractivity (Wildman–Crippen MR) is 70.9 cm³/mol. The Balaban J connectivity index is 2.42. The van der Waals surface area contributed by atoms with E-state index < -0.39 is 0 Å². The van der Waals surface area contributed by atoms with E-state index in [4.69, 9.17) is 5.73 Å². The van der Waals surface area contributed by atoms with Gasteiger partial charge < -0.3 is 10.6 Å². The molecule has 1 saturated heterocycles. The van der Waals surface area contributed by atoms with E-state index in [1.165, 1.54) is 0 Å². The largest absolute Gasteiger partial charge is 0.334 e. The lowest BCUT2D eigenvalue weighted by Crippen LogP contribution is -2.42. The normalized spacial score (nSPS) is 25.1. The summed E-state index contributed by atoms with van der Waals surface area (Å²) >= 11 is 0. The SMILES string of the molecule is CCN1C(=O)CCCC(N)C1c1cnccc1C. The fraction of sp³-hybridized carbons (Fsp3) is 0.571. The molecule has 0 bridgehead atoms. The Morgan fingerprint density at radius 1 is 1.56 bits per heavy atom. The number of amides is 1. The zero-order valence-electron chi connectivity index (χ0n) is 11.1. The second-order valence-electron chi connectivity index (χ2n) is 4.91. The van der Waals surface area contributed by atoms with Gasteiger partial charge in [0.1, 0.15) is 0 Å². The number of pyridine rings is 1. The van der Waals surface area contributed by atoms with Crippen molar-refractivity contribution in [1.29, 1.82) is 0 Å². The number of nitrogens with zero attached hydrogens (tertiary/aromatic N) is 2. The van der Waals surface area contributed by atoms with Crippen LogP contribution in [0, 0.1) is 6.92 Å². The zero-order chi connectivity index (χ0) is 13.1. The summed E-state index contributed by atoms with van der Waals surface area (Å²) in [6.45, 7) is 4.76. The summed E-state index contributed by atoms with van der Waals surface area (Å²) in [5.41, 5.74) is 8.52. The van der Waals surface area contributed by atoms with E-state index in [-0.39, 0.29) is 18.0 Å². The first-order valence-corrected chi connectivity index (χ1v) is 6.60. The van der Waals surface area contributed by atoms with Gasteiger partial charge in [-0.25, -0.2) is 0 Å². The van der Waals surface area contributed by atoms with Crippen molar-refractivity contribution in [3.05, 3.63) is 29.6 Å². The van der Waals surface area contributed by atoms with Crippen LogP contribution >= 0.6 is 0 Å². The minimum Gasteiger partial charge on any atom is -0.334 e. The van der Waals surface area contributed by atoms with Crippen molar-refractivity contribution in [2.45, 2.75) is 45.2 Å². The summed E-state index contributed by atoms with van der Waals surface area (Å²) in [7, 11) is 0. The van der Waals surface area contributed by atoms with Crippen LogP contribution in [0.1, 0.15) is 43.4 Å². The van der Waals surface area contributed by atoms with Gasteiger partial charge in [-0.3, -0.25) is 9.78 Å². The third kappa shape index (κ3) is 2.38. The number of rotatable bonds is 2. The predicted octanol–water partition coefficient (Wildman–Crippen LogP) is 1.79. The molecule has 0 radical (unpaired) electrons. The van der Waals surface area contributed by atoms with Crippen molar-refractivity contribution in [3.63, 3.8) is 0 Å². The number of carbonyl (C=O) groups is 1. The number of aromatic nitrogens is 1. The molecule has 4 nitrogen and oxygen atoms in total. The molecule has 1 aliphatic heterocycles. The molecular formula is C14H21N3O. The van der Waals surface area contributed by atoms with E-state index in [1.54, 1.807) is 6.20 Å². The maximum Gasteiger partial charge on any atom is 0.223 e. The summed E-state index contributed by atoms with van der Waals surface area (Å²) in [5.74, 6) is 0.207. The number of nitrogens with two attached hydrogens (primary N) is 1. The molecule has 2 rings (SSSR count). The molecule has 1 aliphatic rings. The van der Waals surface area contributed by atoms with E-state index >= 15 is 0 Å². The number of aryl methyl sites for hydroxylation is 1. The first-order valence-electron chi connectivity index (χ1n) is 6.60. The van der Waals surface area contributed by atoms with Crippen LogP contribution in [0.25, 0.3) is 0 Å². The third-order valence-corrected chi connectivity index (χ3v) is 3.73. The van der Waals surface area contributed by atoms with Crippen LogP contribution in [0.5, 0.6) is 0 Å². The van der Waals surface area contributed by atoms with Gasteiger partial charge in [0.05, 0.1) is 6.04 Å². The topological polar surface area (TPSA) is 59.2 Å². The van der Waals surface area contributed by atoms with Gasteiger partial charge in [-0.05, 0) is 43.9 Å². The summed E-state index contributed by atoms with van der Waals surface area (Å²) in [5, 5.41) is 0. The quantitative estimate of drug-likeness (QED) is 0.866. The lowest BCUT2D eigenvalue weighted by molar-refractivity contribution is -0.133. The van der Waals surface area contributed by atoms with Crippen molar-refractivity contribution >= 4 is 5.91 Å². The molecule has 1 aromatic heterocycles. The van der Waals surface area contributed by atoms with Gasteiger partial charge in [-0.1, -0.05) is 0 Å². The number of hydrogen-bond donors (Lipinski definition) is 1. The van der Waals surface area contributed by atoms with Crippen molar-refractivity contribution in [2.75, 3.05) is 6.54 Å². The highest BCUT2D eigenvalue weighted by molar-refractivity contribution is 5.77. The minimum atomic E-state index is -0.0290. The third-order valence-electron chi connectivity index (χ3n) is 3.73. The molecule has 2 unspecified atom stereocenters. The smallest absolute Gasteiger partial charge is 0.223 e. The zero-order valence-corrected chi connectivity index (χ0v) is 11.1. The molecule has 1 fully saturated rings. The molecule has 98 valence electrons. The number of likely N-dealkylation sites (tertiary alicyclic amines) is 1. The van der Waals surface area contributed by atoms with Crippen LogP contribution in [0.4, 0.5) is 0 Å². The molecule has 1 amide bonds. The van der Waals surface area contributed by atoms with Crippen molar-refractivity contribution < 1.29 is 4.79 Å². The van der Waals surface area contributed by atoms with Crippen LogP contribution < -0.4 is 5.73 Å². The number of carbonyl (C=O) groups excluding carboxylic acids is 1. The maximum atomic E-state index is 12.1. The van der Waals surface area contributed by atoms with Gasteiger partial charge in [0.15, 0.2) is 0 Å². The van der Waals surface area contributed by atoms with Crippen LogP contribution in [0.15, 0.2) is 18.5 Å². The first-order chi connectivity index (χ1) is 8.65. The minimum absolute atomic E-state index is 0.000648. The van der Waals surface area contributed by atoms with E-state index in [0.29, 0.717) is 13.0 Å². The summed E-state index contributed by atoms with van der Waals surface area (Å²) < 4.78 is 0. The van der Waals surface area contributed by atoms with Gasteiger partial charge in [0.25, 0.3) is 0 Å². The van der Waals surface area contributed by atoms with Crippen LogP contribution in [0.2, 0.25) is 0 Å². The Morgan fingerprint density at radius 2 is 2.33 bits per heavy atom. The monoisotopic (exact) mass is 247 g/mol. The van der Waals surface area contributed by atoms with Gasteiger partial charge in [0, 0.05) is 31.4 Å². The Kier molecular flexibility index (Phi) is 3.97. The van der Waals surface area contributed by atoms with Crippen LogP contribution in [0.3, 0.4) is 0 Å². The lowest BCUT2D eigenvalue weighted by Gasteiger charge is -2.33. The molecule has 2 heterocycles. The summed E-state index contributed by atoms with van der Waals surface area (Å²) in [6, 6.07) is 1.95. The maximum absolute atomic E-state index is 12.1. The standard InChI is InChI=1S/C14H21N3O/c1-3-17-13(18)6-4-5-12(15)14(17)11-9-16-8-7-10(11)2/h7-9,12,14H,3-6,15H2,1-2H3. The fourth-order valence-electron chi connectivity index (χ4n) is 2.73. The molecule has 2 atom stereocenters. The molecule has 2 N–H and O–H groups in total. The highest BCUT2D eigenvalue weighted by atomic mass is 16.2. The van der Waals surface area contributed by atoms with Gasteiger partial charge in [-0.15, -0.1) is 0 Å². The number of hydrogen-bond acceptors (Lipinski definition) is 3. The van der Waals surface area contributed by atoms with E-state index in [1.807, 2.05) is 31.0 Å². The molecule has 0 aromatic carbocycles. The number of likely N-dealkylation sites (N-methyl/N-ethyl adjacent to an activating group) is 1. The Bertz CT molecular complexity index is 433.